The number of rotatable bonds is 8. The molecule has 2 aromatic carbocycles. The summed E-state index contributed by atoms with van der Waals surface area (Å²) in [6.07, 6.45) is 9.57. The van der Waals surface area contributed by atoms with Crippen LogP contribution in [0.5, 0.6) is 0 Å². The molecule has 0 radical (unpaired) electrons. The summed E-state index contributed by atoms with van der Waals surface area (Å²) >= 11 is 6.12. The zero-order valence-corrected chi connectivity index (χ0v) is 18.1. The second-order valence-electron chi connectivity index (χ2n) is 8.35. The zero-order chi connectivity index (χ0) is 20.8. The second-order valence-corrected chi connectivity index (χ2v) is 8.78. The minimum atomic E-state index is -0.0259. The van der Waals surface area contributed by atoms with E-state index in [1.807, 2.05) is 42.6 Å². The summed E-state index contributed by atoms with van der Waals surface area (Å²) < 4.78 is 0. The van der Waals surface area contributed by atoms with E-state index in [-0.39, 0.29) is 5.91 Å². The van der Waals surface area contributed by atoms with Gasteiger partial charge in [0.15, 0.2) is 0 Å². The predicted octanol–water partition coefficient (Wildman–Crippen LogP) is 5.46. The third kappa shape index (κ3) is 5.44. The Morgan fingerprint density at radius 1 is 1.10 bits per heavy atom. The van der Waals surface area contributed by atoms with Gasteiger partial charge in [0.25, 0.3) is 5.91 Å². The van der Waals surface area contributed by atoms with Crippen LogP contribution < -0.4 is 10.6 Å². The van der Waals surface area contributed by atoms with Crippen molar-refractivity contribution in [2.45, 2.75) is 45.1 Å². The van der Waals surface area contributed by atoms with Crippen LogP contribution in [0.25, 0.3) is 10.9 Å². The number of amides is 1. The lowest BCUT2D eigenvalue weighted by Gasteiger charge is -2.21. The molecule has 1 aliphatic carbocycles. The van der Waals surface area contributed by atoms with Gasteiger partial charge in [0.05, 0.1) is 0 Å². The Morgan fingerprint density at radius 2 is 1.97 bits per heavy atom. The van der Waals surface area contributed by atoms with E-state index in [0.717, 1.165) is 52.5 Å². The lowest BCUT2D eigenvalue weighted by molar-refractivity contribution is 0.0954. The Labute approximate surface area is 183 Å². The number of nitrogens with one attached hydrogen (secondary N) is 3. The van der Waals surface area contributed by atoms with Gasteiger partial charge in [-0.05, 0) is 73.2 Å². The first kappa shape index (κ1) is 21.0. The number of hydrogen-bond acceptors (Lipinski definition) is 2. The first-order chi connectivity index (χ1) is 14.7. The van der Waals surface area contributed by atoms with Gasteiger partial charge in [-0.1, -0.05) is 43.0 Å². The number of benzene rings is 2. The van der Waals surface area contributed by atoms with E-state index in [4.69, 9.17) is 11.6 Å². The van der Waals surface area contributed by atoms with Crippen molar-refractivity contribution >= 4 is 28.4 Å². The Hall–Kier alpha value is -2.30. The molecule has 0 saturated heterocycles. The molecule has 1 amide bonds. The molecule has 1 heterocycles. The smallest absolute Gasteiger partial charge is 0.251 e. The maximum atomic E-state index is 12.6. The van der Waals surface area contributed by atoms with Gasteiger partial charge < -0.3 is 15.6 Å². The Kier molecular flexibility index (Phi) is 7.08. The van der Waals surface area contributed by atoms with Crippen LogP contribution in [-0.2, 0) is 13.0 Å². The second kappa shape index (κ2) is 10.1. The van der Waals surface area contributed by atoms with E-state index in [1.165, 1.54) is 32.1 Å². The molecule has 0 bridgehead atoms. The average Bonchev–Trinajstić information content (AvgIpc) is 3.17. The quantitative estimate of drug-likeness (QED) is 0.450. The molecular weight excluding hydrogens is 394 g/mol. The molecule has 158 valence electrons. The minimum Gasteiger partial charge on any atom is -0.361 e. The maximum Gasteiger partial charge on any atom is 0.251 e. The number of fused-ring (bicyclic) bond motifs is 1. The molecule has 1 aliphatic rings. The number of carbonyl (C=O) groups is 1. The fraction of sp³-hybridized carbons (Fsp3) is 0.400. The van der Waals surface area contributed by atoms with Crippen LogP contribution >= 0.6 is 11.6 Å². The molecule has 0 spiro atoms. The van der Waals surface area contributed by atoms with Crippen LogP contribution in [0.3, 0.4) is 0 Å². The fourth-order valence-electron chi connectivity index (χ4n) is 4.40. The standard InChI is InChI=1S/C25H30ClN3O/c26-22-9-10-24-23(14-22)21(17-29-24)11-12-28-25(30)20-8-4-7-19(13-20)16-27-15-18-5-2-1-3-6-18/h4,7-10,13-14,17-18,27,29H,1-3,5-6,11-12,15-16H2,(H,28,30). The largest absolute Gasteiger partial charge is 0.361 e. The van der Waals surface area contributed by atoms with Gasteiger partial charge >= 0.3 is 0 Å². The van der Waals surface area contributed by atoms with Crippen molar-refractivity contribution in [3.05, 3.63) is 70.4 Å². The third-order valence-corrected chi connectivity index (χ3v) is 6.32. The minimum absolute atomic E-state index is 0.0259. The lowest BCUT2D eigenvalue weighted by Crippen LogP contribution is -2.26. The highest BCUT2D eigenvalue weighted by Crippen LogP contribution is 2.23. The number of aromatic nitrogens is 1. The highest BCUT2D eigenvalue weighted by atomic mass is 35.5. The van der Waals surface area contributed by atoms with Gasteiger partial charge in [-0.25, -0.2) is 0 Å². The Bertz CT molecular complexity index is 991. The predicted molar refractivity (Wildman–Crippen MR) is 124 cm³/mol. The molecule has 3 aromatic rings. The first-order valence-electron chi connectivity index (χ1n) is 11.0. The fourth-order valence-corrected chi connectivity index (χ4v) is 4.58. The molecule has 5 heteroatoms. The SMILES string of the molecule is O=C(NCCc1c[nH]c2ccc(Cl)cc12)c1cccc(CNCC2CCCCC2)c1. The van der Waals surface area contributed by atoms with Crippen LogP contribution in [0.4, 0.5) is 0 Å². The van der Waals surface area contributed by atoms with Crippen LogP contribution in [0.2, 0.25) is 5.02 Å². The van der Waals surface area contributed by atoms with E-state index in [1.54, 1.807) is 0 Å². The van der Waals surface area contributed by atoms with Gasteiger partial charge in [0.2, 0.25) is 0 Å². The Morgan fingerprint density at radius 3 is 2.83 bits per heavy atom. The average molecular weight is 424 g/mol. The van der Waals surface area contributed by atoms with E-state index in [2.05, 4.69) is 21.7 Å². The summed E-state index contributed by atoms with van der Waals surface area (Å²) in [4.78, 5) is 15.9. The molecule has 0 atom stereocenters. The molecule has 1 saturated carbocycles. The normalized spacial score (nSPS) is 14.8. The van der Waals surface area contributed by atoms with Crippen molar-refractivity contribution in [2.24, 2.45) is 5.92 Å². The van der Waals surface area contributed by atoms with Crippen LogP contribution in [0.1, 0.15) is 53.6 Å². The van der Waals surface area contributed by atoms with E-state index in [9.17, 15) is 4.79 Å². The summed E-state index contributed by atoms with van der Waals surface area (Å²) in [5, 5.41) is 8.46. The van der Waals surface area contributed by atoms with Gasteiger partial charge in [0, 0.05) is 40.8 Å². The highest BCUT2D eigenvalue weighted by Gasteiger charge is 2.13. The molecule has 4 rings (SSSR count). The number of H-pyrrole nitrogens is 1. The van der Waals surface area contributed by atoms with Gasteiger partial charge in [0.1, 0.15) is 0 Å². The van der Waals surface area contributed by atoms with Crippen molar-refractivity contribution in [1.29, 1.82) is 0 Å². The molecule has 0 unspecified atom stereocenters. The molecule has 4 nitrogen and oxygen atoms in total. The molecule has 0 aliphatic heterocycles. The van der Waals surface area contributed by atoms with Gasteiger partial charge in [-0.2, -0.15) is 0 Å². The summed E-state index contributed by atoms with van der Waals surface area (Å²) in [7, 11) is 0. The van der Waals surface area contributed by atoms with Crippen LogP contribution in [0, 0.1) is 5.92 Å². The number of hydrogen-bond donors (Lipinski definition) is 3. The lowest BCUT2D eigenvalue weighted by atomic mass is 9.89. The van der Waals surface area contributed by atoms with E-state index < -0.39 is 0 Å². The van der Waals surface area contributed by atoms with E-state index >= 15 is 0 Å². The summed E-state index contributed by atoms with van der Waals surface area (Å²) in [5.74, 6) is 0.784. The summed E-state index contributed by atoms with van der Waals surface area (Å²) in [5.41, 5.74) is 4.10. The molecule has 1 aromatic heterocycles. The summed E-state index contributed by atoms with van der Waals surface area (Å²) in [6, 6.07) is 13.7. The molecular formula is C25H30ClN3O. The van der Waals surface area contributed by atoms with Gasteiger partial charge in [-0.15, -0.1) is 0 Å². The molecule has 30 heavy (non-hydrogen) atoms. The number of halogens is 1. The van der Waals surface area contributed by atoms with E-state index in [0.29, 0.717) is 12.1 Å². The van der Waals surface area contributed by atoms with Crippen molar-refractivity contribution in [1.82, 2.24) is 15.6 Å². The number of aromatic amines is 1. The van der Waals surface area contributed by atoms with Crippen molar-refractivity contribution in [2.75, 3.05) is 13.1 Å². The van der Waals surface area contributed by atoms with Gasteiger partial charge in [-0.3, -0.25) is 4.79 Å². The number of carbonyl (C=O) groups excluding carboxylic acids is 1. The van der Waals surface area contributed by atoms with Crippen molar-refractivity contribution in [3.8, 4) is 0 Å². The Balaban J connectivity index is 1.26. The maximum absolute atomic E-state index is 12.6. The highest BCUT2D eigenvalue weighted by molar-refractivity contribution is 6.31. The topological polar surface area (TPSA) is 56.9 Å². The van der Waals surface area contributed by atoms with Crippen LogP contribution in [0.15, 0.2) is 48.7 Å². The monoisotopic (exact) mass is 423 g/mol. The first-order valence-corrected chi connectivity index (χ1v) is 11.4. The third-order valence-electron chi connectivity index (χ3n) is 6.09. The van der Waals surface area contributed by atoms with Crippen molar-refractivity contribution < 1.29 is 4.79 Å². The van der Waals surface area contributed by atoms with Crippen LogP contribution in [-0.4, -0.2) is 24.0 Å². The zero-order valence-electron chi connectivity index (χ0n) is 17.3. The molecule has 3 N–H and O–H groups in total. The summed E-state index contributed by atoms with van der Waals surface area (Å²) in [6.45, 7) is 2.47. The molecule has 1 fully saturated rings. The van der Waals surface area contributed by atoms with Crippen molar-refractivity contribution in [3.63, 3.8) is 0 Å².